The Morgan fingerprint density at radius 1 is 1.33 bits per heavy atom. The van der Waals surface area contributed by atoms with Crippen LogP contribution in [-0.4, -0.2) is 18.3 Å². The van der Waals surface area contributed by atoms with Crippen molar-refractivity contribution < 1.29 is 9.84 Å². The molecule has 0 fully saturated rings. The summed E-state index contributed by atoms with van der Waals surface area (Å²) in [7, 11) is 0. The molecule has 2 nitrogen and oxygen atoms in total. The van der Waals surface area contributed by atoms with E-state index in [2.05, 4.69) is 25.7 Å². The van der Waals surface area contributed by atoms with Gasteiger partial charge in [-0.25, -0.2) is 0 Å². The van der Waals surface area contributed by atoms with Crippen LogP contribution in [0.15, 0.2) is 24.3 Å². The van der Waals surface area contributed by atoms with E-state index in [-0.39, 0.29) is 6.61 Å². The van der Waals surface area contributed by atoms with Gasteiger partial charge in [-0.15, -0.1) is 0 Å². The van der Waals surface area contributed by atoms with Crippen LogP contribution in [0.1, 0.15) is 38.7 Å². The van der Waals surface area contributed by atoms with Crippen molar-refractivity contribution in [2.24, 2.45) is 5.92 Å². The number of aliphatic hydroxyl groups excluding tert-OH is 1. The number of hydrogen-bond acceptors (Lipinski definition) is 2. The lowest BCUT2D eigenvalue weighted by Gasteiger charge is -2.13. The van der Waals surface area contributed by atoms with Crippen LogP contribution in [0.3, 0.4) is 0 Å². The van der Waals surface area contributed by atoms with E-state index in [9.17, 15) is 0 Å². The number of para-hydroxylation sites is 1. The van der Waals surface area contributed by atoms with Crippen LogP contribution in [0.25, 0.3) is 0 Å². The molecule has 2 heteroatoms. The highest BCUT2D eigenvalue weighted by molar-refractivity contribution is 5.45. The minimum atomic E-state index is 0.101. The summed E-state index contributed by atoms with van der Waals surface area (Å²) in [6.07, 6.45) is 2.86. The fourth-order valence-corrected chi connectivity index (χ4v) is 1.72. The highest BCUT2D eigenvalue weighted by atomic mass is 16.5. The Morgan fingerprint density at radius 2 is 2.11 bits per heavy atom. The maximum atomic E-state index is 8.72. The zero-order valence-corrected chi connectivity index (χ0v) is 11.3. The molecule has 1 aromatic carbocycles. The average Bonchev–Trinajstić information content (AvgIpc) is 2.38. The van der Waals surface area contributed by atoms with Gasteiger partial charge >= 0.3 is 0 Å². The summed E-state index contributed by atoms with van der Waals surface area (Å²) < 4.78 is 5.82. The molecule has 0 saturated carbocycles. The van der Waals surface area contributed by atoms with E-state index in [1.165, 1.54) is 12.8 Å². The monoisotopic (exact) mass is 246 g/mol. The van der Waals surface area contributed by atoms with Gasteiger partial charge in [-0.3, -0.25) is 0 Å². The lowest BCUT2D eigenvalue weighted by Crippen LogP contribution is -2.08. The van der Waals surface area contributed by atoms with E-state index < -0.39 is 0 Å². The van der Waals surface area contributed by atoms with Crippen molar-refractivity contribution in [1.29, 1.82) is 0 Å². The molecule has 0 radical (unpaired) electrons. The van der Waals surface area contributed by atoms with Gasteiger partial charge in [0.25, 0.3) is 0 Å². The van der Waals surface area contributed by atoms with E-state index >= 15 is 0 Å². The Labute approximate surface area is 110 Å². The van der Waals surface area contributed by atoms with E-state index in [1.807, 2.05) is 24.3 Å². The Kier molecular flexibility index (Phi) is 6.98. The molecular formula is C16H22O2. The van der Waals surface area contributed by atoms with E-state index in [0.717, 1.165) is 17.9 Å². The van der Waals surface area contributed by atoms with Crippen LogP contribution in [-0.2, 0) is 0 Å². The third-order valence-corrected chi connectivity index (χ3v) is 2.65. The Morgan fingerprint density at radius 3 is 2.83 bits per heavy atom. The first-order valence-electron chi connectivity index (χ1n) is 6.59. The normalized spacial score (nSPS) is 11.5. The minimum Gasteiger partial charge on any atom is -0.492 e. The van der Waals surface area contributed by atoms with Gasteiger partial charge in [0.15, 0.2) is 0 Å². The molecule has 1 atom stereocenters. The van der Waals surface area contributed by atoms with Gasteiger partial charge in [-0.1, -0.05) is 44.2 Å². The topological polar surface area (TPSA) is 29.5 Å². The molecule has 0 aliphatic rings. The maximum Gasteiger partial charge on any atom is 0.134 e. The number of hydrogen-bond donors (Lipinski definition) is 1. The fourth-order valence-electron chi connectivity index (χ4n) is 1.72. The van der Waals surface area contributed by atoms with Crippen molar-refractivity contribution in [3.63, 3.8) is 0 Å². The first-order chi connectivity index (χ1) is 8.77. The smallest absolute Gasteiger partial charge is 0.134 e. The quantitative estimate of drug-likeness (QED) is 0.781. The molecule has 0 aliphatic heterocycles. The molecule has 1 rings (SSSR count). The van der Waals surface area contributed by atoms with E-state index in [4.69, 9.17) is 9.84 Å². The maximum absolute atomic E-state index is 8.72. The lowest BCUT2D eigenvalue weighted by atomic mass is 10.1. The molecule has 0 aliphatic carbocycles. The van der Waals surface area contributed by atoms with Crippen LogP contribution in [0.5, 0.6) is 5.75 Å². The van der Waals surface area contributed by atoms with Gasteiger partial charge in [-0.05, 0) is 24.5 Å². The number of benzene rings is 1. The predicted octanol–water partition coefficient (Wildman–Crippen LogP) is 3.24. The zero-order valence-electron chi connectivity index (χ0n) is 11.3. The second-order valence-electron chi connectivity index (χ2n) is 4.48. The molecule has 1 aromatic rings. The third-order valence-electron chi connectivity index (χ3n) is 2.65. The van der Waals surface area contributed by atoms with Crippen molar-refractivity contribution >= 4 is 0 Å². The Balaban J connectivity index is 2.62. The second-order valence-corrected chi connectivity index (χ2v) is 4.48. The van der Waals surface area contributed by atoms with Gasteiger partial charge in [0, 0.05) is 6.42 Å². The minimum absolute atomic E-state index is 0.101. The molecule has 0 bridgehead atoms. The highest BCUT2D eigenvalue weighted by Crippen LogP contribution is 2.18. The van der Waals surface area contributed by atoms with E-state index in [0.29, 0.717) is 12.3 Å². The van der Waals surface area contributed by atoms with Gasteiger partial charge in [0.1, 0.15) is 5.75 Å². The van der Waals surface area contributed by atoms with Gasteiger partial charge in [-0.2, -0.15) is 0 Å². The second kappa shape index (κ2) is 8.60. The van der Waals surface area contributed by atoms with Gasteiger partial charge in [0.05, 0.1) is 18.8 Å². The first kappa shape index (κ1) is 14.6. The molecule has 0 aromatic heterocycles. The number of aliphatic hydroxyl groups is 1. The summed E-state index contributed by atoms with van der Waals surface area (Å²) in [4.78, 5) is 0. The highest BCUT2D eigenvalue weighted by Gasteiger charge is 2.04. The molecule has 0 amide bonds. The molecule has 18 heavy (non-hydrogen) atoms. The summed E-state index contributed by atoms with van der Waals surface area (Å²) in [6.45, 7) is 5.21. The summed E-state index contributed by atoms with van der Waals surface area (Å²) in [6, 6.07) is 7.80. The third kappa shape index (κ3) is 5.25. The lowest BCUT2D eigenvalue weighted by molar-refractivity contribution is 0.251. The molecule has 1 N–H and O–H groups in total. The number of ether oxygens (including phenoxy) is 1. The summed E-state index contributed by atoms with van der Waals surface area (Å²) in [5.74, 6) is 7.36. The van der Waals surface area contributed by atoms with Crippen molar-refractivity contribution in [2.45, 2.75) is 33.1 Å². The van der Waals surface area contributed by atoms with Crippen LogP contribution in [0.2, 0.25) is 0 Å². The zero-order chi connectivity index (χ0) is 13.2. The molecule has 0 saturated heterocycles. The van der Waals surface area contributed by atoms with Crippen molar-refractivity contribution in [3.8, 4) is 17.6 Å². The fraction of sp³-hybridized carbons (Fsp3) is 0.500. The summed E-state index contributed by atoms with van der Waals surface area (Å²) >= 11 is 0. The van der Waals surface area contributed by atoms with Crippen molar-refractivity contribution in [2.75, 3.05) is 13.2 Å². The molecule has 0 heterocycles. The first-order valence-corrected chi connectivity index (χ1v) is 6.59. The van der Waals surface area contributed by atoms with Crippen LogP contribution in [0.4, 0.5) is 0 Å². The van der Waals surface area contributed by atoms with Gasteiger partial charge < -0.3 is 9.84 Å². The van der Waals surface area contributed by atoms with E-state index in [1.54, 1.807) is 0 Å². The Hall–Kier alpha value is -1.46. The summed E-state index contributed by atoms with van der Waals surface area (Å²) in [5, 5.41) is 8.72. The largest absolute Gasteiger partial charge is 0.492 e. The SMILES string of the molecule is CCCC(C)COc1ccccc1C#CCCO. The average molecular weight is 246 g/mol. The predicted molar refractivity (Wildman–Crippen MR) is 74.6 cm³/mol. The summed E-state index contributed by atoms with van der Waals surface area (Å²) in [5.41, 5.74) is 0.898. The van der Waals surface area contributed by atoms with Crippen LogP contribution in [0, 0.1) is 17.8 Å². The number of rotatable bonds is 6. The van der Waals surface area contributed by atoms with Gasteiger partial charge in [0.2, 0.25) is 0 Å². The molecule has 98 valence electrons. The molecule has 1 unspecified atom stereocenters. The van der Waals surface area contributed by atoms with Crippen molar-refractivity contribution in [3.05, 3.63) is 29.8 Å². The Bertz CT molecular complexity index is 401. The van der Waals surface area contributed by atoms with Crippen LogP contribution >= 0.6 is 0 Å². The van der Waals surface area contributed by atoms with Crippen LogP contribution < -0.4 is 4.74 Å². The molecule has 0 spiro atoms. The molecular weight excluding hydrogens is 224 g/mol. The van der Waals surface area contributed by atoms with Crippen molar-refractivity contribution in [1.82, 2.24) is 0 Å². The standard InChI is InChI=1S/C16H22O2/c1-3-8-14(2)13-18-16-11-5-4-9-15(16)10-6-7-12-17/h4-5,9,11,14,17H,3,7-8,12-13H2,1-2H3.